The molecule has 0 fully saturated rings. The van der Waals surface area contributed by atoms with Gasteiger partial charge in [-0.3, -0.25) is 13.9 Å². The Bertz CT molecular complexity index is 1150. The summed E-state index contributed by atoms with van der Waals surface area (Å²) < 4.78 is 37.2. The van der Waals surface area contributed by atoms with Crippen LogP contribution in [0, 0.1) is 0 Å². The van der Waals surface area contributed by atoms with Gasteiger partial charge in [0.25, 0.3) is 0 Å². The molecule has 2 aromatic rings. The Hall–Kier alpha value is -2.98. The summed E-state index contributed by atoms with van der Waals surface area (Å²) in [6, 6.07) is 10.6. The zero-order valence-electron chi connectivity index (χ0n) is 21.4. The minimum absolute atomic E-state index is 0.0902. The summed E-state index contributed by atoms with van der Waals surface area (Å²) in [4.78, 5) is 28.1. The number of nitrogens with zero attached hydrogens (tertiary/aromatic N) is 2. The van der Waals surface area contributed by atoms with Crippen molar-refractivity contribution in [1.29, 1.82) is 0 Å². The van der Waals surface area contributed by atoms with Crippen LogP contribution in [0.25, 0.3) is 0 Å². The highest BCUT2D eigenvalue weighted by molar-refractivity contribution is 7.92. The number of anilines is 1. The number of methoxy groups -OCH3 is 2. The second-order valence-electron chi connectivity index (χ2n) is 8.54. The summed E-state index contributed by atoms with van der Waals surface area (Å²) in [6.07, 6.45) is 1.34. The van der Waals surface area contributed by atoms with E-state index in [1.54, 1.807) is 43.3 Å². The van der Waals surface area contributed by atoms with Crippen LogP contribution in [-0.2, 0) is 26.2 Å². The molecule has 0 unspecified atom stereocenters. The Morgan fingerprint density at radius 1 is 1.06 bits per heavy atom. The van der Waals surface area contributed by atoms with Crippen molar-refractivity contribution in [2.45, 2.75) is 45.8 Å². The lowest BCUT2D eigenvalue weighted by atomic mass is 10.1. The number of benzene rings is 2. The molecule has 0 spiro atoms. The van der Waals surface area contributed by atoms with Gasteiger partial charge in [-0.05, 0) is 50.1 Å². The van der Waals surface area contributed by atoms with Crippen LogP contribution in [0.3, 0.4) is 0 Å². The summed E-state index contributed by atoms with van der Waals surface area (Å²) in [5.74, 6) is -0.221. The van der Waals surface area contributed by atoms with E-state index in [1.165, 1.54) is 25.2 Å². The number of carbonyl (C=O) groups is 2. The monoisotopic (exact) mass is 539 g/mol. The van der Waals surface area contributed by atoms with Crippen molar-refractivity contribution in [1.82, 2.24) is 10.2 Å². The number of amides is 2. The van der Waals surface area contributed by atoms with Crippen molar-refractivity contribution in [3.8, 4) is 11.5 Å². The predicted octanol–water partition coefficient (Wildman–Crippen LogP) is 3.46. The molecule has 0 aliphatic carbocycles. The van der Waals surface area contributed by atoms with Crippen LogP contribution in [0.2, 0.25) is 5.02 Å². The minimum atomic E-state index is -3.92. The van der Waals surface area contributed by atoms with Gasteiger partial charge in [0, 0.05) is 23.7 Å². The maximum absolute atomic E-state index is 13.7. The Labute approximate surface area is 218 Å². The quantitative estimate of drug-likeness (QED) is 0.443. The zero-order chi connectivity index (χ0) is 27.0. The van der Waals surface area contributed by atoms with Gasteiger partial charge >= 0.3 is 0 Å². The van der Waals surface area contributed by atoms with E-state index in [4.69, 9.17) is 21.1 Å². The van der Waals surface area contributed by atoms with Gasteiger partial charge in [0.15, 0.2) is 0 Å². The third kappa shape index (κ3) is 7.76. The summed E-state index contributed by atoms with van der Waals surface area (Å²) in [7, 11) is -1.06. The highest BCUT2D eigenvalue weighted by atomic mass is 35.5. The van der Waals surface area contributed by atoms with Gasteiger partial charge in [-0.1, -0.05) is 30.7 Å². The second-order valence-corrected chi connectivity index (χ2v) is 10.9. The van der Waals surface area contributed by atoms with Gasteiger partial charge in [-0.25, -0.2) is 8.42 Å². The maximum atomic E-state index is 13.7. The van der Waals surface area contributed by atoms with Gasteiger partial charge in [0.05, 0.1) is 26.2 Å². The molecule has 1 atom stereocenters. The van der Waals surface area contributed by atoms with Crippen LogP contribution in [0.15, 0.2) is 42.5 Å². The van der Waals surface area contributed by atoms with Crippen LogP contribution < -0.4 is 19.1 Å². The molecule has 198 valence electrons. The highest BCUT2D eigenvalue weighted by Crippen LogP contribution is 2.34. The predicted molar refractivity (Wildman–Crippen MR) is 141 cm³/mol. The number of hydrogen-bond donors (Lipinski definition) is 1. The summed E-state index contributed by atoms with van der Waals surface area (Å²) >= 11 is 6.01. The molecule has 2 amide bonds. The topological polar surface area (TPSA) is 105 Å². The lowest BCUT2D eigenvalue weighted by Gasteiger charge is -2.33. The molecular formula is C25H34ClN3O6S. The molecule has 0 aromatic heterocycles. The number of hydrogen-bond acceptors (Lipinski definition) is 6. The van der Waals surface area contributed by atoms with Crippen LogP contribution in [0.4, 0.5) is 5.69 Å². The fourth-order valence-corrected chi connectivity index (χ4v) is 4.64. The number of rotatable bonds is 12. The van der Waals surface area contributed by atoms with Crippen molar-refractivity contribution >= 4 is 39.1 Å². The molecule has 1 N–H and O–H groups in total. The van der Waals surface area contributed by atoms with E-state index in [0.717, 1.165) is 16.1 Å². The molecule has 0 aliphatic heterocycles. The summed E-state index contributed by atoms with van der Waals surface area (Å²) in [6.45, 7) is 5.01. The molecule has 9 nitrogen and oxygen atoms in total. The second kappa shape index (κ2) is 12.8. The summed E-state index contributed by atoms with van der Waals surface area (Å²) in [5, 5.41) is 3.39. The largest absolute Gasteiger partial charge is 0.497 e. The van der Waals surface area contributed by atoms with Crippen molar-refractivity contribution < 1.29 is 27.5 Å². The van der Waals surface area contributed by atoms with Gasteiger partial charge in [0.1, 0.15) is 24.1 Å². The van der Waals surface area contributed by atoms with Gasteiger partial charge in [-0.15, -0.1) is 0 Å². The Kier molecular flexibility index (Phi) is 10.4. The number of ether oxygens (including phenoxy) is 2. The van der Waals surface area contributed by atoms with Crippen LogP contribution in [0.5, 0.6) is 11.5 Å². The standard InChI is InChI=1S/C25H34ClN3O6S/c1-7-21(25(31)27-17(2)3)28(15-18-8-10-19(26)11-9-18)24(30)16-29(36(6,32)33)22-14-20(34-4)12-13-23(22)35-5/h8-14,17,21H,7,15-16H2,1-6H3,(H,27,31)/t21-/m0/s1. The van der Waals surface area contributed by atoms with E-state index in [9.17, 15) is 18.0 Å². The first-order valence-electron chi connectivity index (χ1n) is 11.4. The third-order valence-electron chi connectivity index (χ3n) is 5.42. The summed E-state index contributed by atoms with van der Waals surface area (Å²) in [5.41, 5.74) is 0.896. The van der Waals surface area contributed by atoms with E-state index < -0.39 is 28.5 Å². The zero-order valence-corrected chi connectivity index (χ0v) is 23.0. The SMILES string of the molecule is CC[C@@H](C(=O)NC(C)C)N(Cc1ccc(Cl)cc1)C(=O)CN(c1cc(OC)ccc1OC)S(C)(=O)=O. The van der Waals surface area contributed by atoms with E-state index in [1.807, 2.05) is 13.8 Å². The smallest absolute Gasteiger partial charge is 0.244 e. The first-order chi connectivity index (χ1) is 16.9. The Morgan fingerprint density at radius 2 is 1.69 bits per heavy atom. The fourth-order valence-electron chi connectivity index (χ4n) is 3.67. The lowest BCUT2D eigenvalue weighted by molar-refractivity contribution is -0.140. The molecule has 0 bridgehead atoms. The van der Waals surface area contributed by atoms with Crippen molar-refractivity contribution in [3.05, 3.63) is 53.1 Å². The molecule has 2 aromatic carbocycles. The van der Waals surface area contributed by atoms with E-state index in [2.05, 4.69) is 5.32 Å². The van der Waals surface area contributed by atoms with E-state index in [0.29, 0.717) is 17.2 Å². The van der Waals surface area contributed by atoms with Crippen LogP contribution >= 0.6 is 11.6 Å². The fraction of sp³-hybridized carbons (Fsp3) is 0.440. The van der Waals surface area contributed by atoms with E-state index in [-0.39, 0.29) is 29.9 Å². The molecule has 2 rings (SSSR count). The Balaban J connectivity index is 2.52. The van der Waals surface area contributed by atoms with Crippen molar-refractivity contribution in [3.63, 3.8) is 0 Å². The number of halogens is 1. The molecular weight excluding hydrogens is 506 g/mol. The van der Waals surface area contributed by atoms with Gasteiger partial charge in [-0.2, -0.15) is 0 Å². The van der Waals surface area contributed by atoms with Gasteiger partial charge in [0.2, 0.25) is 21.8 Å². The molecule has 11 heteroatoms. The number of carbonyl (C=O) groups excluding carboxylic acids is 2. The number of nitrogens with one attached hydrogen (secondary N) is 1. The third-order valence-corrected chi connectivity index (χ3v) is 6.80. The molecule has 0 saturated heterocycles. The van der Waals surface area contributed by atoms with Crippen molar-refractivity contribution in [2.75, 3.05) is 31.3 Å². The molecule has 0 heterocycles. The average Bonchev–Trinajstić information content (AvgIpc) is 2.81. The molecule has 0 radical (unpaired) electrons. The maximum Gasteiger partial charge on any atom is 0.244 e. The van der Waals surface area contributed by atoms with E-state index >= 15 is 0 Å². The van der Waals surface area contributed by atoms with Crippen molar-refractivity contribution in [2.24, 2.45) is 0 Å². The first kappa shape index (κ1) is 29.3. The molecule has 36 heavy (non-hydrogen) atoms. The Morgan fingerprint density at radius 3 is 2.19 bits per heavy atom. The minimum Gasteiger partial charge on any atom is -0.497 e. The lowest BCUT2D eigenvalue weighted by Crippen LogP contribution is -2.53. The van der Waals surface area contributed by atoms with Crippen LogP contribution in [-0.4, -0.2) is 64.2 Å². The first-order valence-corrected chi connectivity index (χ1v) is 13.7. The molecule has 0 saturated carbocycles. The average molecular weight is 540 g/mol. The van der Waals surface area contributed by atoms with Crippen LogP contribution in [0.1, 0.15) is 32.8 Å². The highest BCUT2D eigenvalue weighted by Gasteiger charge is 2.33. The normalized spacial score (nSPS) is 12.1. The number of sulfonamides is 1. The van der Waals surface area contributed by atoms with Gasteiger partial charge < -0.3 is 19.7 Å². The molecule has 0 aliphatic rings.